The maximum absolute atomic E-state index is 12.2. The molecule has 1 N–H and O–H groups in total. The van der Waals surface area contributed by atoms with Crippen molar-refractivity contribution in [3.63, 3.8) is 0 Å². The monoisotopic (exact) mass is 278 g/mol. The standard InChI is InChI=1S/C13H14N2O3S/c1-15(2)19(17,18)13-6-4-3-5-11(13)12-8-7-10(16)9-14-12/h3-9,16H,1-2H3. The summed E-state index contributed by atoms with van der Waals surface area (Å²) in [6.45, 7) is 0. The van der Waals surface area contributed by atoms with E-state index in [0.29, 0.717) is 11.3 Å². The zero-order valence-corrected chi connectivity index (χ0v) is 11.4. The van der Waals surface area contributed by atoms with Crippen LogP contribution in [0.15, 0.2) is 47.5 Å². The number of sulfonamides is 1. The zero-order valence-electron chi connectivity index (χ0n) is 10.6. The van der Waals surface area contributed by atoms with Gasteiger partial charge in [-0.15, -0.1) is 0 Å². The van der Waals surface area contributed by atoms with Crippen LogP contribution in [-0.4, -0.2) is 36.9 Å². The normalized spacial score (nSPS) is 11.7. The molecule has 0 unspecified atom stereocenters. The van der Waals surface area contributed by atoms with Gasteiger partial charge in [0.2, 0.25) is 10.0 Å². The zero-order chi connectivity index (χ0) is 14.0. The van der Waals surface area contributed by atoms with Gasteiger partial charge in [0, 0.05) is 19.7 Å². The number of rotatable bonds is 3. The number of benzene rings is 1. The molecule has 1 aromatic heterocycles. The van der Waals surface area contributed by atoms with Gasteiger partial charge in [-0.05, 0) is 18.2 Å². The largest absolute Gasteiger partial charge is 0.506 e. The summed E-state index contributed by atoms with van der Waals surface area (Å²) in [4.78, 5) is 4.24. The fraction of sp³-hybridized carbons (Fsp3) is 0.154. The first-order chi connectivity index (χ1) is 8.93. The Labute approximate surface area is 112 Å². The van der Waals surface area contributed by atoms with Gasteiger partial charge in [-0.2, -0.15) is 0 Å². The van der Waals surface area contributed by atoms with Crippen LogP contribution in [0.2, 0.25) is 0 Å². The van der Waals surface area contributed by atoms with Gasteiger partial charge in [0.1, 0.15) is 5.75 Å². The Hall–Kier alpha value is -1.92. The quantitative estimate of drug-likeness (QED) is 0.927. The third-order valence-corrected chi connectivity index (χ3v) is 4.54. The van der Waals surface area contributed by atoms with E-state index in [4.69, 9.17) is 0 Å². The van der Waals surface area contributed by atoms with Crippen LogP contribution in [-0.2, 0) is 10.0 Å². The van der Waals surface area contributed by atoms with Crippen LogP contribution in [0.1, 0.15) is 0 Å². The maximum atomic E-state index is 12.2. The highest BCUT2D eigenvalue weighted by atomic mass is 32.2. The highest BCUT2D eigenvalue weighted by Crippen LogP contribution is 2.27. The molecular formula is C13H14N2O3S. The molecule has 2 aromatic rings. The van der Waals surface area contributed by atoms with Gasteiger partial charge >= 0.3 is 0 Å². The molecule has 0 aliphatic carbocycles. The first kappa shape index (κ1) is 13.5. The molecule has 2 rings (SSSR count). The van der Waals surface area contributed by atoms with Crippen molar-refractivity contribution in [3.05, 3.63) is 42.6 Å². The van der Waals surface area contributed by atoms with E-state index in [-0.39, 0.29) is 10.6 Å². The van der Waals surface area contributed by atoms with E-state index in [2.05, 4.69) is 4.98 Å². The molecule has 0 saturated carbocycles. The summed E-state index contributed by atoms with van der Waals surface area (Å²) < 4.78 is 25.6. The van der Waals surface area contributed by atoms with Crippen LogP contribution < -0.4 is 0 Å². The Bertz CT molecular complexity index is 679. The molecule has 0 spiro atoms. The number of aromatic nitrogens is 1. The second-order valence-corrected chi connectivity index (χ2v) is 6.31. The minimum absolute atomic E-state index is 0.0386. The van der Waals surface area contributed by atoms with Gasteiger partial charge in [0.15, 0.2) is 0 Å². The molecular weight excluding hydrogens is 264 g/mol. The molecule has 6 heteroatoms. The van der Waals surface area contributed by atoms with Gasteiger partial charge in [-0.3, -0.25) is 4.98 Å². The second kappa shape index (κ2) is 4.99. The van der Waals surface area contributed by atoms with Crippen molar-refractivity contribution in [2.75, 3.05) is 14.1 Å². The summed E-state index contributed by atoms with van der Waals surface area (Å²) in [5.41, 5.74) is 1.01. The molecule has 0 saturated heterocycles. The highest BCUT2D eigenvalue weighted by Gasteiger charge is 2.21. The van der Waals surface area contributed by atoms with E-state index >= 15 is 0 Å². The third kappa shape index (κ3) is 2.59. The number of nitrogens with zero attached hydrogens (tertiary/aromatic N) is 2. The summed E-state index contributed by atoms with van der Waals surface area (Å²) in [6.07, 6.45) is 1.29. The van der Waals surface area contributed by atoms with Crippen LogP contribution >= 0.6 is 0 Å². The van der Waals surface area contributed by atoms with Crippen molar-refractivity contribution in [1.29, 1.82) is 0 Å². The van der Waals surface area contributed by atoms with Crippen LogP contribution in [0.3, 0.4) is 0 Å². The molecule has 0 amide bonds. The fourth-order valence-electron chi connectivity index (χ4n) is 1.65. The fourth-order valence-corrected chi connectivity index (χ4v) is 2.74. The molecule has 0 fully saturated rings. The Kier molecular flexibility index (Phi) is 3.55. The summed E-state index contributed by atoms with van der Waals surface area (Å²) >= 11 is 0. The lowest BCUT2D eigenvalue weighted by Crippen LogP contribution is -2.22. The molecule has 1 heterocycles. The first-order valence-electron chi connectivity index (χ1n) is 5.60. The number of hydrogen-bond acceptors (Lipinski definition) is 4. The number of hydrogen-bond donors (Lipinski definition) is 1. The van der Waals surface area contributed by atoms with E-state index in [1.165, 1.54) is 26.4 Å². The summed E-state index contributed by atoms with van der Waals surface area (Å²) in [5.74, 6) is 0.0386. The number of aromatic hydroxyl groups is 1. The van der Waals surface area contributed by atoms with Crippen LogP contribution in [0.4, 0.5) is 0 Å². The second-order valence-electron chi connectivity index (χ2n) is 4.19. The van der Waals surface area contributed by atoms with Crippen molar-refractivity contribution in [1.82, 2.24) is 9.29 Å². The van der Waals surface area contributed by atoms with Crippen LogP contribution in [0.25, 0.3) is 11.3 Å². The summed E-state index contributed by atoms with van der Waals surface area (Å²) in [5, 5.41) is 9.23. The molecule has 0 bridgehead atoms. The SMILES string of the molecule is CN(C)S(=O)(=O)c1ccccc1-c1ccc(O)cn1. The topological polar surface area (TPSA) is 70.5 Å². The van der Waals surface area contributed by atoms with E-state index in [9.17, 15) is 13.5 Å². The Morgan fingerprint density at radius 3 is 2.37 bits per heavy atom. The summed E-state index contributed by atoms with van der Waals surface area (Å²) in [6, 6.07) is 9.70. The van der Waals surface area contributed by atoms with E-state index in [0.717, 1.165) is 4.31 Å². The first-order valence-corrected chi connectivity index (χ1v) is 7.04. The van der Waals surface area contributed by atoms with Crippen LogP contribution in [0, 0.1) is 0 Å². The molecule has 0 atom stereocenters. The Morgan fingerprint density at radius 2 is 1.79 bits per heavy atom. The molecule has 5 nitrogen and oxygen atoms in total. The minimum Gasteiger partial charge on any atom is -0.506 e. The minimum atomic E-state index is -3.53. The van der Waals surface area contributed by atoms with Gasteiger partial charge < -0.3 is 5.11 Å². The van der Waals surface area contributed by atoms with Crippen molar-refractivity contribution >= 4 is 10.0 Å². The van der Waals surface area contributed by atoms with E-state index < -0.39 is 10.0 Å². The molecule has 0 aliphatic heterocycles. The van der Waals surface area contributed by atoms with Crippen molar-refractivity contribution < 1.29 is 13.5 Å². The highest BCUT2D eigenvalue weighted by molar-refractivity contribution is 7.89. The lowest BCUT2D eigenvalue weighted by Gasteiger charge is -2.14. The van der Waals surface area contributed by atoms with Gasteiger partial charge in [-0.1, -0.05) is 18.2 Å². The lowest BCUT2D eigenvalue weighted by molar-refractivity contribution is 0.473. The predicted octanol–water partition coefficient (Wildman–Crippen LogP) is 1.70. The molecule has 1 aromatic carbocycles. The van der Waals surface area contributed by atoms with Crippen molar-refractivity contribution in [2.24, 2.45) is 0 Å². The lowest BCUT2D eigenvalue weighted by atomic mass is 10.1. The Balaban J connectivity index is 2.63. The van der Waals surface area contributed by atoms with Crippen LogP contribution in [0.5, 0.6) is 5.75 Å². The van der Waals surface area contributed by atoms with Gasteiger partial charge in [-0.25, -0.2) is 12.7 Å². The summed E-state index contributed by atoms with van der Waals surface area (Å²) in [7, 11) is -0.570. The smallest absolute Gasteiger partial charge is 0.243 e. The third-order valence-electron chi connectivity index (χ3n) is 2.67. The molecule has 100 valence electrons. The van der Waals surface area contributed by atoms with Crippen molar-refractivity contribution in [2.45, 2.75) is 4.90 Å². The average Bonchev–Trinajstić information content (AvgIpc) is 2.39. The average molecular weight is 278 g/mol. The Morgan fingerprint density at radius 1 is 1.11 bits per heavy atom. The maximum Gasteiger partial charge on any atom is 0.243 e. The molecule has 0 aliphatic rings. The number of pyridine rings is 1. The molecule has 19 heavy (non-hydrogen) atoms. The molecule has 0 radical (unpaired) electrons. The predicted molar refractivity (Wildman–Crippen MR) is 72.2 cm³/mol. The van der Waals surface area contributed by atoms with Gasteiger partial charge in [0.25, 0.3) is 0 Å². The van der Waals surface area contributed by atoms with E-state index in [1.54, 1.807) is 30.3 Å². The van der Waals surface area contributed by atoms with Gasteiger partial charge in [0.05, 0.1) is 16.8 Å². The van der Waals surface area contributed by atoms with E-state index in [1.807, 2.05) is 0 Å². The van der Waals surface area contributed by atoms with Crippen molar-refractivity contribution in [3.8, 4) is 17.0 Å².